The van der Waals surface area contributed by atoms with E-state index in [-0.39, 0.29) is 18.0 Å². The molecule has 3 aliphatic rings. The maximum atomic E-state index is 13.1. The number of carboxylic acid groups (broad SMARTS) is 1. The second-order valence-electron chi connectivity index (χ2n) is 10.9. The van der Waals surface area contributed by atoms with E-state index in [2.05, 4.69) is 45.3 Å². The summed E-state index contributed by atoms with van der Waals surface area (Å²) >= 11 is 0. The predicted octanol–water partition coefficient (Wildman–Crippen LogP) is 1.22. The van der Waals surface area contributed by atoms with Gasteiger partial charge < -0.3 is 35.3 Å². The van der Waals surface area contributed by atoms with E-state index in [1.165, 1.54) is 0 Å². The van der Waals surface area contributed by atoms with Crippen molar-refractivity contribution in [3.8, 4) is 0 Å². The number of aromatic amines is 1. The lowest BCUT2D eigenvalue weighted by Crippen LogP contribution is -2.47. The van der Waals surface area contributed by atoms with Gasteiger partial charge in [0.15, 0.2) is 17.0 Å². The van der Waals surface area contributed by atoms with Crippen LogP contribution in [0.5, 0.6) is 0 Å². The Morgan fingerprint density at radius 2 is 1.83 bits per heavy atom. The summed E-state index contributed by atoms with van der Waals surface area (Å²) in [4.78, 5) is 52.1. The van der Waals surface area contributed by atoms with E-state index in [0.717, 1.165) is 86.9 Å². The van der Waals surface area contributed by atoms with Gasteiger partial charge in [0.2, 0.25) is 5.95 Å². The minimum Gasteiger partial charge on any atom is -0.465 e. The number of morpholine rings is 1. The fourth-order valence-electron chi connectivity index (χ4n) is 5.90. The molecule has 3 saturated heterocycles. The minimum atomic E-state index is -0.990. The number of piperidine rings is 2. The summed E-state index contributed by atoms with van der Waals surface area (Å²) in [5.41, 5.74) is 2.87. The zero-order valence-corrected chi connectivity index (χ0v) is 23.0. The molecule has 4 N–H and O–H groups in total. The van der Waals surface area contributed by atoms with Crippen LogP contribution in [-0.4, -0.2) is 111 Å². The van der Waals surface area contributed by atoms with E-state index in [1.54, 1.807) is 12.5 Å². The third-order valence-corrected chi connectivity index (χ3v) is 7.99. The van der Waals surface area contributed by atoms with Gasteiger partial charge in [-0.15, -0.1) is 0 Å². The number of hydrogen-bond donors (Lipinski definition) is 4. The Bertz CT molecular complexity index is 1370. The van der Waals surface area contributed by atoms with Crippen LogP contribution in [0.25, 0.3) is 11.2 Å². The van der Waals surface area contributed by atoms with E-state index in [4.69, 9.17) is 14.8 Å². The van der Waals surface area contributed by atoms with Crippen LogP contribution in [0.3, 0.4) is 0 Å². The van der Waals surface area contributed by atoms with Crippen molar-refractivity contribution in [2.45, 2.75) is 44.3 Å². The Balaban J connectivity index is 1.03. The normalized spacial score (nSPS) is 20.7. The molecule has 1 atom stereocenters. The molecule has 2 amide bonds. The molecule has 3 aromatic heterocycles. The van der Waals surface area contributed by atoms with Crippen molar-refractivity contribution >= 4 is 34.9 Å². The zero-order valence-electron chi connectivity index (χ0n) is 23.0. The number of hydrogen-bond acceptors (Lipinski definition) is 10. The number of nitrogens with one attached hydrogen (secondary N) is 3. The third-order valence-electron chi connectivity index (χ3n) is 7.99. The second-order valence-corrected chi connectivity index (χ2v) is 10.9. The molecule has 3 aliphatic heterocycles. The molecule has 0 bridgehead atoms. The highest BCUT2D eigenvalue weighted by Gasteiger charge is 2.26. The van der Waals surface area contributed by atoms with Crippen molar-refractivity contribution in [3.63, 3.8) is 0 Å². The number of carbonyl (C=O) groups excluding carboxylic acids is 1. The third kappa shape index (κ3) is 6.49. The van der Waals surface area contributed by atoms with E-state index < -0.39 is 6.09 Å². The number of anilines is 2. The first-order valence-electron chi connectivity index (χ1n) is 14.3. The van der Waals surface area contributed by atoms with Crippen LogP contribution in [0.2, 0.25) is 0 Å². The Hall–Kier alpha value is -4.04. The van der Waals surface area contributed by atoms with Gasteiger partial charge in [-0.25, -0.2) is 19.7 Å². The van der Waals surface area contributed by atoms with Gasteiger partial charge >= 0.3 is 6.09 Å². The number of aromatic nitrogens is 5. The number of likely N-dealkylation sites (tertiary alicyclic amines) is 1. The van der Waals surface area contributed by atoms with Crippen LogP contribution < -0.4 is 20.4 Å². The van der Waals surface area contributed by atoms with E-state index in [1.807, 2.05) is 12.1 Å². The second kappa shape index (κ2) is 12.2. The standard InChI is InChI=1S/C27H36N10O4/c38-25(21-14-18(3-6-28-21)15-35-7-1-2-20(16-35)32-27(39)40)31-19-4-8-37(9-5-19)26-33-22-23(34-26)29-17-30-24(22)36-10-12-41-13-11-36/h3,6,14,17,19-20,32H,1-2,4-5,7-13,15-16H2,(H,31,38)(H,39,40)(H,29,30,33,34)/t20-/m1/s1. The molecule has 218 valence electrons. The fourth-order valence-corrected chi connectivity index (χ4v) is 5.90. The summed E-state index contributed by atoms with van der Waals surface area (Å²) in [5.74, 6) is 1.42. The number of rotatable bonds is 7. The van der Waals surface area contributed by atoms with Crippen molar-refractivity contribution in [1.29, 1.82) is 0 Å². The predicted molar refractivity (Wildman–Crippen MR) is 151 cm³/mol. The fraction of sp³-hybridized carbons (Fsp3) is 0.556. The number of fused-ring (bicyclic) bond motifs is 1. The Labute approximate surface area is 237 Å². The van der Waals surface area contributed by atoms with Gasteiger partial charge in [0, 0.05) is 57.5 Å². The molecule has 14 nitrogen and oxygen atoms in total. The summed E-state index contributed by atoms with van der Waals surface area (Å²) < 4.78 is 5.47. The Morgan fingerprint density at radius 1 is 1.00 bits per heavy atom. The van der Waals surface area contributed by atoms with E-state index >= 15 is 0 Å². The molecule has 0 spiro atoms. The van der Waals surface area contributed by atoms with E-state index in [9.17, 15) is 9.59 Å². The van der Waals surface area contributed by atoms with Crippen molar-refractivity contribution < 1.29 is 19.4 Å². The topological polar surface area (TPSA) is 165 Å². The van der Waals surface area contributed by atoms with Crippen LogP contribution >= 0.6 is 0 Å². The molecular formula is C27H36N10O4. The molecule has 0 unspecified atom stereocenters. The Morgan fingerprint density at radius 3 is 2.63 bits per heavy atom. The van der Waals surface area contributed by atoms with Crippen LogP contribution in [0.15, 0.2) is 24.7 Å². The summed E-state index contributed by atoms with van der Waals surface area (Å²) in [5, 5.41) is 14.8. The molecular weight excluding hydrogens is 528 g/mol. The van der Waals surface area contributed by atoms with Gasteiger partial charge in [-0.3, -0.25) is 14.7 Å². The lowest BCUT2D eigenvalue weighted by Gasteiger charge is -2.32. The molecule has 0 aromatic carbocycles. The van der Waals surface area contributed by atoms with Crippen molar-refractivity contribution in [1.82, 2.24) is 40.5 Å². The number of carbonyl (C=O) groups is 2. The highest BCUT2D eigenvalue weighted by atomic mass is 16.5. The number of imidazole rings is 1. The van der Waals surface area contributed by atoms with Crippen LogP contribution in [-0.2, 0) is 11.3 Å². The average molecular weight is 565 g/mol. The largest absolute Gasteiger partial charge is 0.465 e. The molecule has 41 heavy (non-hydrogen) atoms. The summed E-state index contributed by atoms with van der Waals surface area (Å²) in [6, 6.07) is 3.71. The lowest BCUT2D eigenvalue weighted by atomic mass is 10.0. The molecule has 6 rings (SSSR count). The zero-order chi connectivity index (χ0) is 28.2. The van der Waals surface area contributed by atoms with Gasteiger partial charge in [-0.05, 0) is 49.9 Å². The SMILES string of the molecule is O=C(O)N[C@@H]1CCCN(Cc2ccnc(C(=O)NC3CCN(c4nc5c(N6CCOCC6)ncnc5[nH]4)CC3)c2)C1. The first kappa shape index (κ1) is 27.1. The molecule has 6 heterocycles. The molecule has 3 aromatic rings. The highest BCUT2D eigenvalue weighted by Crippen LogP contribution is 2.26. The van der Waals surface area contributed by atoms with Gasteiger partial charge in [-0.2, -0.15) is 0 Å². The highest BCUT2D eigenvalue weighted by molar-refractivity contribution is 5.92. The summed E-state index contributed by atoms with van der Waals surface area (Å²) in [6.07, 6.45) is 5.59. The monoisotopic (exact) mass is 564 g/mol. The lowest BCUT2D eigenvalue weighted by molar-refractivity contribution is 0.0925. The number of ether oxygens (including phenoxy) is 1. The van der Waals surface area contributed by atoms with Crippen LogP contribution in [0.1, 0.15) is 41.7 Å². The number of pyridine rings is 1. The maximum Gasteiger partial charge on any atom is 0.404 e. The molecule has 14 heteroatoms. The number of H-pyrrole nitrogens is 1. The summed E-state index contributed by atoms with van der Waals surface area (Å²) in [6.45, 7) is 6.60. The maximum absolute atomic E-state index is 13.1. The van der Waals surface area contributed by atoms with E-state index in [0.29, 0.717) is 32.0 Å². The van der Waals surface area contributed by atoms with Gasteiger partial charge in [0.05, 0.1) is 13.2 Å². The molecule has 3 fully saturated rings. The number of nitrogens with zero attached hydrogens (tertiary/aromatic N) is 7. The Kier molecular flexibility index (Phi) is 8.09. The molecule has 0 radical (unpaired) electrons. The van der Waals surface area contributed by atoms with Crippen molar-refractivity contribution in [2.75, 3.05) is 62.3 Å². The smallest absolute Gasteiger partial charge is 0.404 e. The van der Waals surface area contributed by atoms with Crippen LogP contribution in [0, 0.1) is 0 Å². The quantitative estimate of drug-likeness (QED) is 0.326. The van der Waals surface area contributed by atoms with Crippen LogP contribution in [0.4, 0.5) is 16.6 Å². The van der Waals surface area contributed by atoms with Gasteiger partial charge in [0.25, 0.3) is 5.91 Å². The van der Waals surface area contributed by atoms with Gasteiger partial charge in [0.1, 0.15) is 12.0 Å². The minimum absolute atomic E-state index is 0.0437. The molecule has 0 saturated carbocycles. The average Bonchev–Trinajstić information content (AvgIpc) is 3.43. The molecule has 0 aliphatic carbocycles. The first-order chi connectivity index (χ1) is 20.0. The van der Waals surface area contributed by atoms with Crippen molar-refractivity contribution in [3.05, 3.63) is 35.9 Å². The first-order valence-corrected chi connectivity index (χ1v) is 14.3. The number of amides is 2. The van der Waals surface area contributed by atoms with Gasteiger partial charge in [-0.1, -0.05) is 0 Å². The van der Waals surface area contributed by atoms with Crippen molar-refractivity contribution in [2.24, 2.45) is 0 Å². The summed E-state index contributed by atoms with van der Waals surface area (Å²) in [7, 11) is 0.